The molecule has 174 valence electrons. The van der Waals surface area contributed by atoms with Crippen LogP contribution in [-0.4, -0.2) is 39.1 Å². The van der Waals surface area contributed by atoms with Gasteiger partial charge in [0.1, 0.15) is 11.6 Å². The number of rotatable bonds is 6. The van der Waals surface area contributed by atoms with Gasteiger partial charge in [-0.2, -0.15) is 10.1 Å². The summed E-state index contributed by atoms with van der Waals surface area (Å²) in [5, 5.41) is 14.9. The van der Waals surface area contributed by atoms with Crippen molar-refractivity contribution in [1.82, 2.24) is 25.2 Å². The van der Waals surface area contributed by atoms with Gasteiger partial charge in [0.15, 0.2) is 0 Å². The first-order valence-electron chi connectivity index (χ1n) is 11.0. The van der Waals surface area contributed by atoms with Gasteiger partial charge >= 0.3 is 6.01 Å². The van der Waals surface area contributed by atoms with Gasteiger partial charge in [-0.05, 0) is 55.8 Å². The van der Waals surface area contributed by atoms with Crippen LogP contribution in [-0.2, 0) is 6.54 Å². The van der Waals surface area contributed by atoms with E-state index in [0.29, 0.717) is 17.5 Å². The molecule has 0 unspecified atom stereocenters. The van der Waals surface area contributed by atoms with Crippen LogP contribution in [0, 0.1) is 11.6 Å². The Hall–Kier alpha value is -3.92. The van der Waals surface area contributed by atoms with E-state index < -0.39 is 11.6 Å². The molecule has 0 radical (unpaired) electrons. The Balaban J connectivity index is 1.36. The van der Waals surface area contributed by atoms with E-state index in [0.717, 1.165) is 43.1 Å². The van der Waals surface area contributed by atoms with Gasteiger partial charge in [-0.1, -0.05) is 23.4 Å². The van der Waals surface area contributed by atoms with E-state index in [4.69, 9.17) is 4.52 Å². The van der Waals surface area contributed by atoms with E-state index in [9.17, 15) is 13.6 Å². The quantitative estimate of drug-likeness (QED) is 0.451. The van der Waals surface area contributed by atoms with Crippen molar-refractivity contribution in [1.29, 1.82) is 0 Å². The molecule has 1 aliphatic rings. The lowest BCUT2D eigenvalue weighted by molar-refractivity contribution is 0.412. The fourth-order valence-corrected chi connectivity index (χ4v) is 3.94. The van der Waals surface area contributed by atoms with Gasteiger partial charge in [0.2, 0.25) is 5.82 Å². The largest absolute Gasteiger partial charge is 0.335 e. The Morgan fingerprint density at radius 3 is 2.62 bits per heavy atom. The highest BCUT2D eigenvalue weighted by molar-refractivity contribution is 5.59. The SMILES string of the molecule is O=c1ccc(-c2cc(F)cc(F)c2)nn1Cc1cccc(-c2noc(NC3CCNCC3)n2)c1. The van der Waals surface area contributed by atoms with Crippen LogP contribution in [0.2, 0.25) is 0 Å². The summed E-state index contributed by atoms with van der Waals surface area (Å²) < 4.78 is 33.8. The lowest BCUT2D eigenvalue weighted by atomic mass is 10.1. The molecule has 34 heavy (non-hydrogen) atoms. The Bertz CT molecular complexity index is 1340. The van der Waals surface area contributed by atoms with Gasteiger partial charge in [0.05, 0.1) is 12.2 Å². The van der Waals surface area contributed by atoms with Crippen molar-refractivity contribution in [3.63, 3.8) is 0 Å². The zero-order valence-electron chi connectivity index (χ0n) is 18.2. The van der Waals surface area contributed by atoms with E-state index >= 15 is 0 Å². The number of nitrogens with one attached hydrogen (secondary N) is 2. The summed E-state index contributed by atoms with van der Waals surface area (Å²) in [6.07, 6.45) is 1.96. The van der Waals surface area contributed by atoms with Crippen molar-refractivity contribution in [2.75, 3.05) is 18.4 Å². The molecule has 1 aliphatic heterocycles. The van der Waals surface area contributed by atoms with Crippen LogP contribution < -0.4 is 16.2 Å². The summed E-state index contributed by atoms with van der Waals surface area (Å²) >= 11 is 0. The maximum atomic E-state index is 13.6. The molecule has 0 spiro atoms. The number of halogens is 2. The highest BCUT2D eigenvalue weighted by Gasteiger charge is 2.16. The zero-order chi connectivity index (χ0) is 23.5. The maximum Gasteiger partial charge on any atom is 0.322 e. The predicted octanol–water partition coefficient (Wildman–Crippen LogP) is 3.45. The van der Waals surface area contributed by atoms with Crippen LogP contribution >= 0.6 is 0 Å². The Morgan fingerprint density at radius 1 is 1.03 bits per heavy atom. The number of anilines is 1. The Morgan fingerprint density at radius 2 is 1.82 bits per heavy atom. The highest BCUT2D eigenvalue weighted by Crippen LogP contribution is 2.22. The highest BCUT2D eigenvalue weighted by atomic mass is 19.1. The summed E-state index contributed by atoms with van der Waals surface area (Å²) in [6.45, 7) is 2.06. The van der Waals surface area contributed by atoms with Crippen LogP contribution in [0.5, 0.6) is 0 Å². The lowest BCUT2D eigenvalue weighted by Crippen LogP contribution is -2.35. The topological polar surface area (TPSA) is 97.9 Å². The first-order chi connectivity index (χ1) is 16.5. The molecule has 1 saturated heterocycles. The van der Waals surface area contributed by atoms with E-state index in [2.05, 4.69) is 25.9 Å². The molecule has 5 rings (SSSR count). The second-order valence-electron chi connectivity index (χ2n) is 8.16. The standard InChI is InChI=1S/C24H22F2N6O2/c25-18-11-17(12-19(26)13-18)21-4-5-22(33)32(30-21)14-15-2-1-3-16(10-15)23-29-24(34-31-23)28-20-6-8-27-9-7-20/h1-5,10-13,20,27H,6-9,14H2,(H,28,29,31). The number of aromatic nitrogens is 4. The number of hydrogen-bond acceptors (Lipinski definition) is 7. The smallest absolute Gasteiger partial charge is 0.322 e. The van der Waals surface area contributed by atoms with Crippen molar-refractivity contribution < 1.29 is 13.3 Å². The first kappa shape index (κ1) is 21.9. The summed E-state index contributed by atoms with van der Waals surface area (Å²) in [5.41, 5.74) is 1.73. The summed E-state index contributed by atoms with van der Waals surface area (Å²) in [6, 6.07) is 13.9. The van der Waals surface area contributed by atoms with Gasteiger partial charge in [0, 0.05) is 29.3 Å². The van der Waals surface area contributed by atoms with Gasteiger partial charge in [-0.15, -0.1) is 0 Å². The molecular formula is C24H22F2N6O2. The van der Waals surface area contributed by atoms with Crippen molar-refractivity contribution in [3.8, 4) is 22.6 Å². The molecule has 10 heteroatoms. The fourth-order valence-electron chi connectivity index (χ4n) is 3.94. The summed E-state index contributed by atoms with van der Waals surface area (Å²) in [5.74, 6) is -0.990. The van der Waals surface area contributed by atoms with Crippen molar-refractivity contribution >= 4 is 6.01 Å². The van der Waals surface area contributed by atoms with Crippen LogP contribution in [0.15, 0.2) is 63.9 Å². The molecule has 2 aromatic carbocycles. The van der Waals surface area contributed by atoms with Crippen LogP contribution in [0.1, 0.15) is 18.4 Å². The molecule has 1 fully saturated rings. The number of nitrogens with zero attached hydrogens (tertiary/aromatic N) is 4. The van der Waals surface area contributed by atoms with Crippen LogP contribution in [0.4, 0.5) is 14.8 Å². The third-order valence-corrected chi connectivity index (χ3v) is 5.64. The number of hydrogen-bond donors (Lipinski definition) is 2. The van der Waals surface area contributed by atoms with Gasteiger partial charge < -0.3 is 15.2 Å². The molecule has 0 saturated carbocycles. The van der Waals surface area contributed by atoms with Crippen molar-refractivity contribution in [3.05, 3.63) is 82.1 Å². The summed E-state index contributed by atoms with van der Waals surface area (Å²) in [4.78, 5) is 16.8. The molecule has 2 N–H and O–H groups in total. The second-order valence-corrected chi connectivity index (χ2v) is 8.16. The predicted molar refractivity (Wildman–Crippen MR) is 122 cm³/mol. The Kier molecular flexibility index (Phi) is 6.13. The molecule has 0 bridgehead atoms. The third kappa shape index (κ3) is 5.01. The Labute approximate surface area is 193 Å². The molecule has 0 aliphatic carbocycles. The lowest BCUT2D eigenvalue weighted by Gasteiger charge is -2.22. The minimum Gasteiger partial charge on any atom is -0.335 e. The average Bonchev–Trinajstić information content (AvgIpc) is 3.29. The van der Waals surface area contributed by atoms with Gasteiger partial charge in [-0.3, -0.25) is 4.79 Å². The van der Waals surface area contributed by atoms with Crippen molar-refractivity contribution in [2.45, 2.75) is 25.4 Å². The third-order valence-electron chi connectivity index (χ3n) is 5.64. The first-order valence-corrected chi connectivity index (χ1v) is 11.0. The van der Waals surface area contributed by atoms with E-state index in [1.807, 2.05) is 24.3 Å². The molecule has 4 aromatic rings. The zero-order valence-corrected chi connectivity index (χ0v) is 18.2. The van der Waals surface area contributed by atoms with E-state index in [1.165, 1.54) is 28.9 Å². The van der Waals surface area contributed by atoms with E-state index in [1.54, 1.807) is 0 Å². The second kappa shape index (κ2) is 9.52. The molecule has 0 atom stereocenters. The molecule has 3 heterocycles. The molecule has 2 aromatic heterocycles. The average molecular weight is 464 g/mol. The number of piperidine rings is 1. The fraction of sp³-hybridized carbons (Fsp3) is 0.250. The summed E-state index contributed by atoms with van der Waals surface area (Å²) in [7, 11) is 0. The normalized spacial score (nSPS) is 14.3. The van der Waals surface area contributed by atoms with Crippen LogP contribution in [0.3, 0.4) is 0 Å². The minimum atomic E-state index is -0.712. The number of benzene rings is 2. The minimum absolute atomic E-state index is 0.163. The molecule has 8 nitrogen and oxygen atoms in total. The van der Waals surface area contributed by atoms with E-state index in [-0.39, 0.29) is 23.7 Å². The van der Waals surface area contributed by atoms with Gasteiger partial charge in [-0.25, -0.2) is 13.5 Å². The van der Waals surface area contributed by atoms with Gasteiger partial charge in [0.25, 0.3) is 5.56 Å². The monoisotopic (exact) mass is 464 g/mol. The maximum absolute atomic E-state index is 13.6. The molecular weight excluding hydrogens is 442 g/mol. The van der Waals surface area contributed by atoms with Crippen LogP contribution in [0.25, 0.3) is 22.6 Å². The van der Waals surface area contributed by atoms with Crippen molar-refractivity contribution in [2.24, 2.45) is 0 Å². The molecule has 0 amide bonds.